The van der Waals surface area contributed by atoms with Gasteiger partial charge in [0.15, 0.2) is 0 Å². The van der Waals surface area contributed by atoms with Crippen molar-refractivity contribution in [1.29, 1.82) is 0 Å². The number of carbonyl (C=O) groups is 1. The lowest BCUT2D eigenvalue weighted by Gasteiger charge is -2.16. The molecule has 1 aliphatic carbocycles. The van der Waals surface area contributed by atoms with Crippen LogP contribution in [0.2, 0.25) is 0 Å². The quantitative estimate of drug-likeness (QED) is 0.491. The molecule has 0 atom stereocenters. The summed E-state index contributed by atoms with van der Waals surface area (Å²) in [4.78, 5) is 12.6. The minimum absolute atomic E-state index is 0.0521. The standard InChI is InChI=1S/C26H32N4O3S/c1-19-25(20(2)30(29-19)18-21-8-4-3-5-9-21)17-27-26(31)14-15-28-34(32,33)24-13-12-22-10-6-7-11-23(22)16-24/h3-5,8-9,12-13,16,28H,6-7,10-11,14-15,17-18H2,1-2H3,(H,27,31). The third-order valence-electron chi connectivity index (χ3n) is 6.44. The molecular weight excluding hydrogens is 448 g/mol. The predicted molar refractivity (Wildman–Crippen MR) is 132 cm³/mol. The van der Waals surface area contributed by atoms with Gasteiger partial charge in [0, 0.05) is 30.8 Å². The highest BCUT2D eigenvalue weighted by Crippen LogP contribution is 2.24. The number of nitrogens with one attached hydrogen (secondary N) is 2. The Labute approximate surface area is 201 Å². The van der Waals surface area contributed by atoms with Crippen LogP contribution in [0.3, 0.4) is 0 Å². The summed E-state index contributed by atoms with van der Waals surface area (Å²) >= 11 is 0. The van der Waals surface area contributed by atoms with Gasteiger partial charge in [-0.05, 0) is 68.4 Å². The van der Waals surface area contributed by atoms with Crippen molar-refractivity contribution >= 4 is 15.9 Å². The second-order valence-electron chi connectivity index (χ2n) is 8.85. The van der Waals surface area contributed by atoms with Crippen LogP contribution >= 0.6 is 0 Å². The molecule has 1 aliphatic rings. The summed E-state index contributed by atoms with van der Waals surface area (Å²) in [5, 5.41) is 7.51. The van der Waals surface area contributed by atoms with E-state index in [9.17, 15) is 13.2 Å². The summed E-state index contributed by atoms with van der Waals surface area (Å²) in [6, 6.07) is 15.5. The molecule has 1 aromatic heterocycles. The zero-order chi connectivity index (χ0) is 24.1. The van der Waals surface area contributed by atoms with Gasteiger partial charge in [-0.3, -0.25) is 9.48 Å². The molecule has 34 heavy (non-hydrogen) atoms. The monoisotopic (exact) mass is 480 g/mol. The Bertz CT molecular complexity index is 1270. The Balaban J connectivity index is 1.28. The van der Waals surface area contributed by atoms with Crippen molar-refractivity contribution in [3.05, 3.63) is 82.2 Å². The Morgan fingerprint density at radius 2 is 1.76 bits per heavy atom. The molecule has 180 valence electrons. The lowest BCUT2D eigenvalue weighted by Crippen LogP contribution is -2.31. The van der Waals surface area contributed by atoms with Crippen LogP contribution in [0.15, 0.2) is 53.4 Å². The van der Waals surface area contributed by atoms with Gasteiger partial charge in [0.05, 0.1) is 17.1 Å². The van der Waals surface area contributed by atoms with Gasteiger partial charge in [-0.1, -0.05) is 36.4 Å². The second kappa shape index (κ2) is 10.5. The van der Waals surface area contributed by atoms with Crippen LogP contribution in [0.25, 0.3) is 0 Å². The van der Waals surface area contributed by atoms with Crippen molar-refractivity contribution in [2.24, 2.45) is 0 Å². The number of aromatic nitrogens is 2. The zero-order valence-electron chi connectivity index (χ0n) is 19.8. The van der Waals surface area contributed by atoms with E-state index in [0.29, 0.717) is 13.1 Å². The Kier molecular flexibility index (Phi) is 7.48. The molecule has 0 saturated carbocycles. The zero-order valence-corrected chi connectivity index (χ0v) is 20.6. The molecule has 3 aromatic rings. The first kappa shape index (κ1) is 24.2. The average molecular weight is 481 g/mol. The van der Waals surface area contributed by atoms with E-state index in [1.807, 2.05) is 42.8 Å². The van der Waals surface area contributed by atoms with Gasteiger partial charge < -0.3 is 5.32 Å². The fourth-order valence-electron chi connectivity index (χ4n) is 4.43. The van der Waals surface area contributed by atoms with Crippen molar-refractivity contribution in [1.82, 2.24) is 19.8 Å². The van der Waals surface area contributed by atoms with Crippen molar-refractivity contribution in [3.63, 3.8) is 0 Å². The Morgan fingerprint density at radius 1 is 1.03 bits per heavy atom. The smallest absolute Gasteiger partial charge is 0.240 e. The maximum absolute atomic E-state index is 12.7. The highest BCUT2D eigenvalue weighted by atomic mass is 32.2. The van der Waals surface area contributed by atoms with Gasteiger partial charge in [0.25, 0.3) is 0 Å². The van der Waals surface area contributed by atoms with Crippen LogP contribution in [0.5, 0.6) is 0 Å². The number of hydrogen-bond acceptors (Lipinski definition) is 4. The van der Waals surface area contributed by atoms with E-state index in [2.05, 4.69) is 27.3 Å². The number of sulfonamides is 1. The molecule has 0 radical (unpaired) electrons. The Morgan fingerprint density at radius 3 is 2.53 bits per heavy atom. The average Bonchev–Trinajstić information content (AvgIpc) is 3.10. The molecule has 2 N–H and O–H groups in total. The summed E-state index contributed by atoms with van der Waals surface area (Å²) in [7, 11) is -3.64. The highest BCUT2D eigenvalue weighted by Gasteiger charge is 2.18. The number of carbonyl (C=O) groups excluding carboxylic acids is 1. The number of amides is 1. The third-order valence-corrected chi connectivity index (χ3v) is 7.90. The van der Waals surface area contributed by atoms with Crippen molar-refractivity contribution in [2.45, 2.75) is 63.9 Å². The minimum Gasteiger partial charge on any atom is -0.352 e. The number of rotatable bonds is 9. The van der Waals surface area contributed by atoms with E-state index in [-0.39, 0.29) is 23.8 Å². The maximum atomic E-state index is 12.7. The van der Waals surface area contributed by atoms with Crippen molar-refractivity contribution in [2.75, 3.05) is 6.54 Å². The molecule has 1 heterocycles. The van der Waals surface area contributed by atoms with E-state index >= 15 is 0 Å². The lowest BCUT2D eigenvalue weighted by atomic mass is 9.92. The molecule has 0 aliphatic heterocycles. The molecule has 0 fully saturated rings. The molecule has 0 saturated heterocycles. The minimum atomic E-state index is -3.64. The summed E-state index contributed by atoms with van der Waals surface area (Å²) in [6.45, 7) is 5.02. The van der Waals surface area contributed by atoms with E-state index in [4.69, 9.17) is 0 Å². The first-order chi connectivity index (χ1) is 16.3. The second-order valence-corrected chi connectivity index (χ2v) is 10.6. The van der Waals surface area contributed by atoms with Crippen molar-refractivity contribution in [3.8, 4) is 0 Å². The molecule has 0 spiro atoms. The Hall–Kier alpha value is -2.97. The maximum Gasteiger partial charge on any atom is 0.240 e. The molecule has 4 rings (SSSR count). The van der Waals surface area contributed by atoms with Crippen molar-refractivity contribution < 1.29 is 13.2 Å². The van der Waals surface area contributed by atoms with Gasteiger partial charge in [-0.2, -0.15) is 5.10 Å². The lowest BCUT2D eigenvalue weighted by molar-refractivity contribution is -0.121. The summed E-state index contributed by atoms with van der Waals surface area (Å²) in [6.07, 6.45) is 4.24. The first-order valence-electron chi connectivity index (χ1n) is 11.8. The van der Waals surface area contributed by atoms with Gasteiger partial charge in [-0.25, -0.2) is 13.1 Å². The number of nitrogens with zero attached hydrogens (tertiary/aromatic N) is 2. The fourth-order valence-corrected chi connectivity index (χ4v) is 5.52. The van der Waals surface area contributed by atoms with Gasteiger partial charge in [-0.15, -0.1) is 0 Å². The highest BCUT2D eigenvalue weighted by molar-refractivity contribution is 7.89. The normalized spacial score (nSPS) is 13.5. The number of aryl methyl sites for hydroxylation is 3. The molecule has 1 amide bonds. The van der Waals surface area contributed by atoms with Crippen LogP contribution in [-0.4, -0.2) is 30.7 Å². The molecule has 7 nitrogen and oxygen atoms in total. The van der Waals surface area contributed by atoms with Crippen LogP contribution in [0, 0.1) is 13.8 Å². The fraction of sp³-hybridized carbons (Fsp3) is 0.385. The van der Waals surface area contributed by atoms with E-state index in [0.717, 1.165) is 53.8 Å². The van der Waals surface area contributed by atoms with E-state index < -0.39 is 10.0 Å². The molecule has 0 unspecified atom stereocenters. The van der Waals surface area contributed by atoms with E-state index in [1.54, 1.807) is 12.1 Å². The molecule has 0 bridgehead atoms. The van der Waals surface area contributed by atoms with Crippen LogP contribution in [0.4, 0.5) is 0 Å². The van der Waals surface area contributed by atoms with Crippen LogP contribution in [-0.2, 0) is 40.7 Å². The largest absolute Gasteiger partial charge is 0.352 e. The molecule has 8 heteroatoms. The summed E-state index contributed by atoms with van der Waals surface area (Å²) in [5.41, 5.74) is 6.39. The number of benzene rings is 2. The number of hydrogen-bond donors (Lipinski definition) is 2. The molecule has 2 aromatic carbocycles. The van der Waals surface area contributed by atoms with Gasteiger partial charge in [0.1, 0.15) is 0 Å². The first-order valence-corrected chi connectivity index (χ1v) is 13.3. The van der Waals surface area contributed by atoms with Gasteiger partial charge >= 0.3 is 0 Å². The molecular formula is C26H32N4O3S. The van der Waals surface area contributed by atoms with Gasteiger partial charge in [0.2, 0.25) is 15.9 Å². The van der Waals surface area contributed by atoms with Crippen LogP contribution in [0.1, 0.15) is 52.9 Å². The summed E-state index contributed by atoms with van der Waals surface area (Å²) < 4.78 is 29.8. The van der Waals surface area contributed by atoms with Crippen LogP contribution < -0.4 is 10.0 Å². The predicted octanol–water partition coefficient (Wildman–Crippen LogP) is 3.41. The third kappa shape index (κ3) is 5.74. The number of fused-ring (bicyclic) bond motifs is 1. The SMILES string of the molecule is Cc1nn(Cc2ccccc2)c(C)c1CNC(=O)CCNS(=O)(=O)c1ccc2c(c1)CCCC2. The summed E-state index contributed by atoms with van der Waals surface area (Å²) in [5.74, 6) is -0.206. The topological polar surface area (TPSA) is 93.1 Å². The van der Waals surface area contributed by atoms with E-state index in [1.165, 1.54) is 5.56 Å².